The standard InChI is InChI=1S/C15H21NO4/c1-12-3-5-13(6-4-12)20-11-14-9-16(7-8-19-14)10-15(17)18-2/h3-6,14H,7-11H2,1-2H3. The van der Waals surface area contributed by atoms with E-state index < -0.39 is 0 Å². The number of carbonyl (C=O) groups is 1. The highest BCUT2D eigenvalue weighted by Crippen LogP contribution is 2.13. The van der Waals surface area contributed by atoms with E-state index in [2.05, 4.69) is 4.74 Å². The second-order valence-electron chi connectivity index (χ2n) is 4.93. The van der Waals surface area contributed by atoms with Crippen molar-refractivity contribution in [1.82, 2.24) is 4.90 Å². The molecule has 1 aliphatic rings. The highest BCUT2D eigenvalue weighted by atomic mass is 16.5. The quantitative estimate of drug-likeness (QED) is 0.759. The van der Waals surface area contributed by atoms with Crippen LogP contribution in [0.3, 0.4) is 0 Å². The highest BCUT2D eigenvalue weighted by Gasteiger charge is 2.22. The Labute approximate surface area is 119 Å². The fraction of sp³-hybridized carbons (Fsp3) is 0.533. The van der Waals surface area contributed by atoms with E-state index in [0.29, 0.717) is 26.3 Å². The maximum atomic E-state index is 11.3. The van der Waals surface area contributed by atoms with Crippen molar-refractivity contribution in [2.45, 2.75) is 13.0 Å². The molecule has 110 valence electrons. The normalized spacial score (nSPS) is 19.6. The van der Waals surface area contributed by atoms with Crippen molar-refractivity contribution in [3.8, 4) is 5.75 Å². The molecule has 1 unspecified atom stereocenters. The molecular formula is C15H21NO4. The van der Waals surface area contributed by atoms with Gasteiger partial charge in [0.05, 0.1) is 20.3 Å². The van der Waals surface area contributed by atoms with Gasteiger partial charge in [0, 0.05) is 13.1 Å². The number of carbonyl (C=O) groups excluding carboxylic acids is 1. The monoisotopic (exact) mass is 279 g/mol. The summed E-state index contributed by atoms with van der Waals surface area (Å²) in [7, 11) is 1.40. The van der Waals surface area contributed by atoms with E-state index >= 15 is 0 Å². The van der Waals surface area contributed by atoms with E-state index in [0.717, 1.165) is 12.3 Å². The van der Waals surface area contributed by atoms with Crippen LogP contribution in [-0.2, 0) is 14.3 Å². The zero-order valence-corrected chi connectivity index (χ0v) is 12.0. The Morgan fingerprint density at radius 3 is 2.85 bits per heavy atom. The Hall–Kier alpha value is -1.59. The summed E-state index contributed by atoms with van der Waals surface area (Å²) >= 11 is 0. The Morgan fingerprint density at radius 2 is 2.15 bits per heavy atom. The number of benzene rings is 1. The summed E-state index contributed by atoms with van der Waals surface area (Å²) < 4.78 is 16.0. The highest BCUT2D eigenvalue weighted by molar-refractivity contribution is 5.71. The molecule has 2 rings (SSSR count). The number of aryl methyl sites for hydroxylation is 1. The second-order valence-corrected chi connectivity index (χ2v) is 4.93. The molecular weight excluding hydrogens is 258 g/mol. The molecule has 1 aliphatic heterocycles. The van der Waals surface area contributed by atoms with Crippen LogP contribution in [-0.4, -0.2) is 56.9 Å². The van der Waals surface area contributed by atoms with Gasteiger partial charge >= 0.3 is 5.97 Å². The molecule has 0 bridgehead atoms. The summed E-state index contributed by atoms with van der Waals surface area (Å²) in [5, 5.41) is 0. The molecule has 0 spiro atoms. The predicted molar refractivity (Wildman–Crippen MR) is 74.9 cm³/mol. The third-order valence-electron chi connectivity index (χ3n) is 3.26. The largest absolute Gasteiger partial charge is 0.491 e. The van der Waals surface area contributed by atoms with Gasteiger partial charge in [0.2, 0.25) is 0 Å². The zero-order valence-electron chi connectivity index (χ0n) is 12.0. The molecule has 1 aromatic carbocycles. The van der Waals surface area contributed by atoms with Crippen LogP contribution < -0.4 is 4.74 Å². The predicted octanol–water partition coefficient (Wildman–Crippen LogP) is 1.25. The molecule has 0 radical (unpaired) electrons. The van der Waals surface area contributed by atoms with Gasteiger partial charge in [0.25, 0.3) is 0 Å². The molecule has 1 aromatic rings. The van der Waals surface area contributed by atoms with Crippen LogP contribution in [0.2, 0.25) is 0 Å². The van der Waals surface area contributed by atoms with Gasteiger partial charge in [0.1, 0.15) is 18.5 Å². The lowest BCUT2D eigenvalue weighted by molar-refractivity contribution is -0.144. The maximum Gasteiger partial charge on any atom is 0.319 e. The van der Waals surface area contributed by atoms with Gasteiger partial charge in [0.15, 0.2) is 0 Å². The minimum absolute atomic E-state index is 0.0188. The number of rotatable bonds is 5. The number of morpholine rings is 1. The third-order valence-corrected chi connectivity index (χ3v) is 3.26. The van der Waals surface area contributed by atoms with E-state index in [1.54, 1.807) is 0 Å². The molecule has 1 heterocycles. The van der Waals surface area contributed by atoms with Crippen molar-refractivity contribution in [2.75, 3.05) is 40.0 Å². The van der Waals surface area contributed by atoms with E-state index in [1.165, 1.54) is 12.7 Å². The summed E-state index contributed by atoms with van der Waals surface area (Å²) in [6, 6.07) is 7.93. The summed E-state index contributed by atoms with van der Waals surface area (Å²) in [6.45, 7) is 4.87. The first kappa shape index (κ1) is 14.8. The van der Waals surface area contributed by atoms with Crippen molar-refractivity contribution in [1.29, 1.82) is 0 Å². The lowest BCUT2D eigenvalue weighted by Gasteiger charge is -2.31. The van der Waals surface area contributed by atoms with E-state index in [4.69, 9.17) is 9.47 Å². The summed E-state index contributed by atoms with van der Waals surface area (Å²) in [4.78, 5) is 13.3. The molecule has 5 nitrogen and oxygen atoms in total. The lowest BCUT2D eigenvalue weighted by Crippen LogP contribution is -2.46. The van der Waals surface area contributed by atoms with E-state index in [-0.39, 0.29) is 12.1 Å². The number of hydrogen-bond donors (Lipinski definition) is 0. The smallest absolute Gasteiger partial charge is 0.319 e. The minimum Gasteiger partial charge on any atom is -0.491 e. The minimum atomic E-state index is -0.217. The van der Waals surface area contributed by atoms with Gasteiger partial charge in [-0.3, -0.25) is 9.69 Å². The number of hydrogen-bond acceptors (Lipinski definition) is 5. The number of ether oxygens (including phenoxy) is 3. The van der Waals surface area contributed by atoms with Crippen molar-refractivity contribution in [3.63, 3.8) is 0 Å². The van der Waals surface area contributed by atoms with Crippen LogP contribution in [0, 0.1) is 6.92 Å². The molecule has 1 saturated heterocycles. The van der Waals surface area contributed by atoms with Crippen LogP contribution in [0.25, 0.3) is 0 Å². The van der Waals surface area contributed by atoms with Gasteiger partial charge in [-0.05, 0) is 19.1 Å². The molecule has 5 heteroatoms. The average molecular weight is 279 g/mol. The molecule has 0 N–H and O–H groups in total. The first-order valence-electron chi connectivity index (χ1n) is 6.77. The van der Waals surface area contributed by atoms with E-state index in [9.17, 15) is 4.79 Å². The zero-order chi connectivity index (χ0) is 14.4. The molecule has 20 heavy (non-hydrogen) atoms. The van der Waals surface area contributed by atoms with Gasteiger partial charge in [-0.25, -0.2) is 0 Å². The second kappa shape index (κ2) is 7.26. The summed E-state index contributed by atoms with van der Waals surface area (Å²) in [5.74, 6) is 0.620. The molecule has 1 fully saturated rings. The van der Waals surface area contributed by atoms with Gasteiger partial charge in [-0.15, -0.1) is 0 Å². The molecule has 0 aromatic heterocycles. The van der Waals surface area contributed by atoms with E-state index in [1.807, 2.05) is 36.1 Å². The molecule has 0 aliphatic carbocycles. The Kier molecular flexibility index (Phi) is 5.38. The van der Waals surface area contributed by atoms with Crippen LogP contribution in [0.1, 0.15) is 5.56 Å². The SMILES string of the molecule is COC(=O)CN1CCOC(COc2ccc(C)cc2)C1. The fourth-order valence-corrected chi connectivity index (χ4v) is 2.10. The van der Waals surface area contributed by atoms with Crippen molar-refractivity contribution < 1.29 is 19.0 Å². The van der Waals surface area contributed by atoms with Gasteiger partial charge < -0.3 is 14.2 Å². The first-order chi connectivity index (χ1) is 9.67. The maximum absolute atomic E-state index is 11.3. The van der Waals surface area contributed by atoms with Gasteiger partial charge in [-0.2, -0.15) is 0 Å². The van der Waals surface area contributed by atoms with Gasteiger partial charge in [-0.1, -0.05) is 17.7 Å². The number of methoxy groups -OCH3 is 1. The van der Waals surface area contributed by atoms with Crippen molar-refractivity contribution in [2.24, 2.45) is 0 Å². The van der Waals surface area contributed by atoms with Crippen LogP contribution >= 0.6 is 0 Å². The number of nitrogens with zero attached hydrogens (tertiary/aromatic N) is 1. The topological polar surface area (TPSA) is 48.0 Å². The van der Waals surface area contributed by atoms with Crippen LogP contribution in [0.15, 0.2) is 24.3 Å². The Balaban J connectivity index is 1.78. The third kappa shape index (κ3) is 4.51. The summed E-state index contributed by atoms with van der Waals surface area (Å²) in [5.41, 5.74) is 1.20. The average Bonchev–Trinajstić information content (AvgIpc) is 2.47. The molecule has 0 saturated carbocycles. The lowest BCUT2D eigenvalue weighted by atomic mass is 10.2. The van der Waals surface area contributed by atoms with Crippen molar-refractivity contribution >= 4 is 5.97 Å². The van der Waals surface area contributed by atoms with Crippen LogP contribution in [0.5, 0.6) is 5.75 Å². The first-order valence-corrected chi connectivity index (χ1v) is 6.77. The van der Waals surface area contributed by atoms with Crippen LogP contribution in [0.4, 0.5) is 0 Å². The van der Waals surface area contributed by atoms with Crippen molar-refractivity contribution in [3.05, 3.63) is 29.8 Å². The fourth-order valence-electron chi connectivity index (χ4n) is 2.10. The Morgan fingerprint density at radius 1 is 1.40 bits per heavy atom. The number of esters is 1. The molecule has 1 atom stereocenters. The Bertz CT molecular complexity index is 432. The summed E-state index contributed by atoms with van der Waals surface area (Å²) in [6.07, 6.45) is -0.0188. The molecule has 0 amide bonds.